The van der Waals surface area contributed by atoms with Crippen molar-refractivity contribution in [2.75, 3.05) is 26.0 Å². The number of halogens is 3. The van der Waals surface area contributed by atoms with Gasteiger partial charge in [-0.05, 0) is 55.8 Å². The minimum Gasteiger partial charge on any atom is -0.366 e. The fourth-order valence-electron chi connectivity index (χ4n) is 3.54. The average Bonchev–Trinajstić information content (AvgIpc) is 3.40. The van der Waals surface area contributed by atoms with E-state index in [4.69, 9.17) is 11.5 Å². The predicted molar refractivity (Wildman–Crippen MR) is 143 cm³/mol. The van der Waals surface area contributed by atoms with Crippen LogP contribution in [-0.2, 0) is 18.0 Å². The molecule has 9 nitrogen and oxygen atoms in total. The molecule has 38 heavy (non-hydrogen) atoms. The molecule has 2 aromatic carbocycles. The molecule has 0 aliphatic rings. The minimum absolute atomic E-state index is 0.210. The summed E-state index contributed by atoms with van der Waals surface area (Å²) >= 11 is 1.10. The van der Waals surface area contributed by atoms with Gasteiger partial charge in [-0.1, -0.05) is 17.8 Å². The van der Waals surface area contributed by atoms with Gasteiger partial charge in [-0.25, -0.2) is 9.97 Å². The van der Waals surface area contributed by atoms with Gasteiger partial charge in [0.2, 0.25) is 17.8 Å². The number of hydrogen-bond donors (Lipinski definition) is 3. The number of benzene rings is 2. The van der Waals surface area contributed by atoms with E-state index in [0.29, 0.717) is 38.8 Å². The van der Waals surface area contributed by atoms with Crippen LogP contribution in [-0.4, -0.2) is 51.9 Å². The first kappa shape index (κ1) is 28.9. The van der Waals surface area contributed by atoms with E-state index in [1.165, 1.54) is 6.07 Å². The van der Waals surface area contributed by atoms with Crippen molar-refractivity contribution in [1.29, 1.82) is 0 Å². The SMILES string of the molecule is CN(C)C(=O)CCCCCN.Cn1c(Nc2nc3ccc(C(F)(F)F)cc3s2)nc2cc(C(N)=O)ccc21. The molecule has 0 radical (unpaired) electrons. The van der Waals surface area contributed by atoms with Gasteiger partial charge < -0.3 is 26.3 Å². The Morgan fingerprint density at radius 3 is 2.42 bits per heavy atom. The number of aromatic nitrogens is 3. The van der Waals surface area contributed by atoms with Crippen LogP contribution in [0, 0.1) is 0 Å². The predicted octanol–water partition coefficient (Wildman–Crippen LogP) is 4.64. The summed E-state index contributed by atoms with van der Waals surface area (Å²) in [7, 11) is 5.34. The van der Waals surface area contributed by atoms with Crippen molar-refractivity contribution in [3.8, 4) is 0 Å². The lowest BCUT2D eigenvalue weighted by atomic mass is 10.2. The van der Waals surface area contributed by atoms with E-state index in [1.54, 1.807) is 48.8 Å². The lowest BCUT2D eigenvalue weighted by molar-refractivity contribution is -0.137. The summed E-state index contributed by atoms with van der Waals surface area (Å²) in [6.07, 6.45) is -0.681. The van der Waals surface area contributed by atoms with Gasteiger partial charge in [0.1, 0.15) is 0 Å². The number of nitrogens with one attached hydrogen (secondary N) is 1. The molecule has 0 atom stereocenters. The number of carbonyl (C=O) groups is 2. The minimum atomic E-state index is -4.40. The zero-order valence-corrected chi connectivity index (χ0v) is 22.1. The van der Waals surface area contributed by atoms with Crippen molar-refractivity contribution < 1.29 is 22.8 Å². The lowest BCUT2D eigenvalue weighted by Gasteiger charge is -2.08. The van der Waals surface area contributed by atoms with Gasteiger partial charge in [-0.15, -0.1) is 0 Å². The van der Waals surface area contributed by atoms with E-state index in [2.05, 4.69) is 15.3 Å². The number of hydrogen-bond acceptors (Lipinski definition) is 7. The third-order valence-corrected chi connectivity index (χ3v) is 6.63. The monoisotopic (exact) mass is 549 g/mol. The third-order valence-electron chi connectivity index (χ3n) is 5.69. The molecule has 0 bridgehead atoms. The molecule has 4 aromatic rings. The molecule has 2 amide bonds. The molecule has 4 rings (SSSR count). The summed E-state index contributed by atoms with van der Waals surface area (Å²) in [6, 6.07) is 8.33. The van der Waals surface area contributed by atoms with Crippen LogP contribution in [0.1, 0.15) is 41.6 Å². The molecule has 0 saturated heterocycles. The van der Waals surface area contributed by atoms with Crippen LogP contribution < -0.4 is 16.8 Å². The van der Waals surface area contributed by atoms with Crippen LogP contribution >= 0.6 is 11.3 Å². The van der Waals surface area contributed by atoms with Gasteiger partial charge in [-0.3, -0.25) is 9.59 Å². The van der Waals surface area contributed by atoms with E-state index >= 15 is 0 Å². The third kappa shape index (κ3) is 7.19. The summed E-state index contributed by atoms with van der Waals surface area (Å²) in [6.45, 7) is 0.732. The van der Waals surface area contributed by atoms with Crippen LogP contribution in [0.5, 0.6) is 0 Å². The number of nitrogens with two attached hydrogens (primary N) is 2. The molecular formula is C25H30F3N7O2S. The van der Waals surface area contributed by atoms with Gasteiger partial charge in [-0.2, -0.15) is 13.2 Å². The summed E-state index contributed by atoms with van der Waals surface area (Å²) in [5.41, 5.74) is 12.0. The lowest BCUT2D eigenvalue weighted by Crippen LogP contribution is -2.21. The molecule has 0 spiro atoms. The molecule has 0 fully saturated rings. The van der Waals surface area contributed by atoms with Gasteiger partial charge in [0.15, 0.2) is 5.13 Å². The smallest absolute Gasteiger partial charge is 0.366 e. The number of unbranched alkanes of at least 4 members (excludes halogenated alkanes) is 2. The number of alkyl halides is 3. The molecule has 204 valence electrons. The molecule has 2 aromatic heterocycles. The quantitative estimate of drug-likeness (QED) is 0.275. The van der Waals surface area contributed by atoms with E-state index in [-0.39, 0.29) is 5.91 Å². The zero-order valence-electron chi connectivity index (χ0n) is 21.3. The number of aryl methyl sites for hydroxylation is 1. The number of nitrogens with zero attached hydrogens (tertiary/aromatic N) is 4. The second-order valence-electron chi connectivity index (χ2n) is 8.77. The standard InChI is InChI=1S/C17H12F3N5OS.C8H18N2O/c1-25-12-5-2-8(14(21)26)6-11(12)22-15(25)24-16-23-10-4-3-9(17(18,19)20)7-13(10)27-16;1-10(2)8(11)6-4-3-5-7-9/h2-7H,1H3,(H2,21,26)(H,22,23,24);3-7,9H2,1-2H3. The highest BCUT2D eigenvalue weighted by molar-refractivity contribution is 7.22. The van der Waals surface area contributed by atoms with E-state index in [1.807, 2.05) is 0 Å². The number of thiazole rings is 1. The second-order valence-corrected chi connectivity index (χ2v) is 9.80. The highest BCUT2D eigenvalue weighted by Crippen LogP contribution is 2.35. The molecule has 5 N–H and O–H groups in total. The molecular weight excluding hydrogens is 519 g/mol. The Labute approximate surface area is 221 Å². The highest BCUT2D eigenvalue weighted by Gasteiger charge is 2.30. The summed E-state index contributed by atoms with van der Waals surface area (Å²) in [4.78, 5) is 32.6. The average molecular weight is 550 g/mol. The van der Waals surface area contributed by atoms with Gasteiger partial charge >= 0.3 is 6.18 Å². The van der Waals surface area contributed by atoms with Crippen molar-refractivity contribution in [1.82, 2.24) is 19.4 Å². The second kappa shape index (κ2) is 12.2. The van der Waals surface area contributed by atoms with Crippen LogP contribution in [0.3, 0.4) is 0 Å². The summed E-state index contributed by atoms with van der Waals surface area (Å²) in [5.74, 6) is 0.104. The number of primary amides is 1. The maximum atomic E-state index is 12.9. The molecule has 0 saturated carbocycles. The van der Waals surface area contributed by atoms with Crippen LogP contribution in [0.25, 0.3) is 21.3 Å². The van der Waals surface area contributed by atoms with Gasteiger partial charge in [0.05, 0.1) is 26.8 Å². The van der Waals surface area contributed by atoms with Gasteiger partial charge in [0.25, 0.3) is 0 Å². The summed E-state index contributed by atoms with van der Waals surface area (Å²) < 4.78 is 40.7. The largest absolute Gasteiger partial charge is 0.416 e. The van der Waals surface area contributed by atoms with Crippen molar-refractivity contribution in [2.24, 2.45) is 18.5 Å². The number of rotatable bonds is 8. The Bertz CT molecular complexity index is 1430. The number of carbonyl (C=O) groups excluding carboxylic acids is 2. The number of fused-ring (bicyclic) bond motifs is 2. The Morgan fingerprint density at radius 2 is 1.79 bits per heavy atom. The maximum absolute atomic E-state index is 12.9. The Hall–Kier alpha value is -3.71. The number of amides is 2. The Morgan fingerprint density at radius 1 is 1.05 bits per heavy atom. The van der Waals surface area contributed by atoms with Crippen LogP contribution in [0.2, 0.25) is 0 Å². The van der Waals surface area contributed by atoms with Crippen LogP contribution in [0.15, 0.2) is 36.4 Å². The van der Waals surface area contributed by atoms with Crippen LogP contribution in [0.4, 0.5) is 24.3 Å². The van der Waals surface area contributed by atoms with E-state index in [9.17, 15) is 22.8 Å². The number of imidazole rings is 1. The zero-order chi connectivity index (χ0) is 28.0. The molecule has 0 unspecified atom stereocenters. The summed E-state index contributed by atoms with van der Waals surface area (Å²) in [5, 5.41) is 3.43. The van der Waals surface area contributed by atoms with Crippen molar-refractivity contribution in [2.45, 2.75) is 31.9 Å². The topological polar surface area (TPSA) is 132 Å². The van der Waals surface area contributed by atoms with Gasteiger partial charge in [0, 0.05) is 33.1 Å². The van der Waals surface area contributed by atoms with Crippen molar-refractivity contribution >= 4 is 55.5 Å². The first-order chi connectivity index (χ1) is 17.9. The van der Waals surface area contributed by atoms with Crippen molar-refractivity contribution in [3.05, 3.63) is 47.5 Å². The Kier molecular flexibility index (Phi) is 9.28. The molecule has 2 heterocycles. The first-order valence-electron chi connectivity index (χ1n) is 11.8. The molecule has 0 aliphatic carbocycles. The fraction of sp³-hybridized carbons (Fsp3) is 0.360. The van der Waals surface area contributed by atoms with E-state index < -0.39 is 17.6 Å². The fourth-order valence-corrected chi connectivity index (χ4v) is 4.43. The van der Waals surface area contributed by atoms with Crippen molar-refractivity contribution in [3.63, 3.8) is 0 Å². The maximum Gasteiger partial charge on any atom is 0.416 e. The first-order valence-corrected chi connectivity index (χ1v) is 12.6. The highest BCUT2D eigenvalue weighted by atomic mass is 32.1. The Balaban J connectivity index is 0.000000310. The number of anilines is 2. The molecule has 13 heteroatoms. The van der Waals surface area contributed by atoms with E-state index in [0.717, 1.165) is 54.8 Å². The molecule has 0 aliphatic heterocycles. The normalized spacial score (nSPS) is 11.3.